The fourth-order valence-electron chi connectivity index (χ4n) is 5.30. The Bertz CT molecular complexity index is 1250. The van der Waals surface area contributed by atoms with E-state index in [1.165, 1.54) is 6.21 Å². The van der Waals surface area contributed by atoms with Gasteiger partial charge in [-0.15, -0.1) is 0 Å². The molecule has 12 nitrogen and oxygen atoms in total. The predicted molar refractivity (Wildman–Crippen MR) is 174 cm³/mol. The number of benzene rings is 1. The van der Waals surface area contributed by atoms with Gasteiger partial charge < -0.3 is 28.4 Å². The summed E-state index contributed by atoms with van der Waals surface area (Å²) >= 11 is 0. The van der Waals surface area contributed by atoms with E-state index in [0.29, 0.717) is 48.8 Å². The van der Waals surface area contributed by atoms with Crippen molar-refractivity contribution in [3.63, 3.8) is 0 Å². The summed E-state index contributed by atoms with van der Waals surface area (Å²) in [6.45, 7) is 13.1. The van der Waals surface area contributed by atoms with Gasteiger partial charge in [0.05, 0.1) is 53.1 Å². The highest BCUT2D eigenvalue weighted by Gasteiger charge is 2.35. The number of methoxy groups -OCH3 is 3. The molecule has 2 heterocycles. The molecule has 12 heteroatoms. The van der Waals surface area contributed by atoms with Gasteiger partial charge in [-0.2, -0.15) is 0 Å². The predicted octanol–water partition coefficient (Wildman–Crippen LogP) is 3.63. The Morgan fingerprint density at radius 1 is 0.870 bits per heavy atom. The summed E-state index contributed by atoms with van der Waals surface area (Å²) in [4.78, 5) is 45.9. The summed E-state index contributed by atoms with van der Waals surface area (Å²) in [5.41, 5.74) is 0.133. The molecule has 1 fully saturated rings. The van der Waals surface area contributed by atoms with Gasteiger partial charge in [0.2, 0.25) is 5.75 Å². The molecule has 0 aliphatic carbocycles. The quantitative estimate of drug-likeness (QED) is 0.172. The van der Waals surface area contributed by atoms with Crippen LogP contribution in [-0.2, 0) is 35.1 Å². The lowest BCUT2D eigenvalue weighted by Crippen LogP contribution is -2.57. The molecular weight excluding hydrogens is 594 g/mol. The average molecular weight is 646 g/mol. The lowest BCUT2D eigenvalue weighted by atomic mass is 9.97. The van der Waals surface area contributed by atoms with Crippen LogP contribution in [0.2, 0.25) is 0 Å². The zero-order chi connectivity index (χ0) is 33.7. The van der Waals surface area contributed by atoms with E-state index in [1.54, 1.807) is 41.3 Å². The van der Waals surface area contributed by atoms with Crippen molar-refractivity contribution in [3.8, 4) is 17.2 Å². The Balaban J connectivity index is 1.36. The Hall–Kier alpha value is -3.48. The lowest BCUT2D eigenvalue weighted by Gasteiger charge is -2.45. The number of Topliss-reactive ketones (excluding diaryl/α,β-unsaturated/α-hetero) is 1. The maximum atomic E-state index is 13.0. The molecule has 0 unspecified atom stereocenters. The largest absolute Gasteiger partial charge is 0.493 e. The average Bonchev–Trinajstić information content (AvgIpc) is 3.06. The van der Waals surface area contributed by atoms with Crippen LogP contribution in [0.4, 0.5) is 0 Å². The fourth-order valence-corrected chi connectivity index (χ4v) is 5.30. The second kappa shape index (κ2) is 17.4. The summed E-state index contributed by atoms with van der Waals surface area (Å²) in [5.74, 6) is 0.839. The molecule has 0 atom stereocenters. The highest BCUT2D eigenvalue weighted by atomic mass is 16.5. The molecule has 0 aromatic heterocycles. The third-order valence-corrected chi connectivity index (χ3v) is 8.30. The molecule has 1 aromatic carbocycles. The van der Waals surface area contributed by atoms with Crippen LogP contribution in [-0.4, -0.2) is 119 Å². The molecule has 0 bridgehead atoms. The van der Waals surface area contributed by atoms with Crippen molar-refractivity contribution in [2.45, 2.75) is 71.1 Å². The van der Waals surface area contributed by atoms with E-state index >= 15 is 0 Å². The molecule has 1 saturated heterocycles. The number of rotatable bonds is 18. The molecule has 2 aliphatic heterocycles. The number of ketones is 1. The lowest BCUT2D eigenvalue weighted by molar-refractivity contribution is -0.151. The summed E-state index contributed by atoms with van der Waals surface area (Å²) < 4.78 is 33.2. The van der Waals surface area contributed by atoms with Crippen LogP contribution in [0.5, 0.6) is 17.2 Å². The number of ether oxygens (including phenoxy) is 6. The first kappa shape index (κ1) is 37.0. The van der Waals surface area contributed by atoms with E-state index in [4.69, 9.17) is 28.4 Å². The molecule has 0 radical (unpaired) electrons. The zero-order valence-electron chi connectivity index (χ0n) is 28.5. The number of piperazine rings is 1. The molecule has 46 heavy (non-hydrogen) atoms. The number of hydrogen-bond acceptors (Lipinski definition) is 12. The number of dihydropyridines is 1. The molecular formula is C34H51N3O9. The van der Waals surface area contributed by atoms with Crippen LogP contribution < -0.4 is 14.2 Å². The van der Waals surface area contributed by atoms with Crippen molar-refractivity contribution in [2.24, 2.45) is 4.99 Å². The van der Waals surface area contributed by atoms with E-state index in [0.717, 1.165) is 38.3 Å². The standard InChI is InChI=1S/C34H51N3O9/c1-33(2,37-18-16-36(17-19-37)23-26-11-12-27(41-5)31(43-7)30(26)42-6)24-46-34(3,4)28(38)13-14-29(39)44-20-9-21-45-32(40)25-10-8-15-35-22-25/h10-12,22H,8-9,13-21,23-24H2,1-7H3. The number of nitrogens with zero attached hydrogens (tertiary/aromatic N) is 3. The number of carbonyl (C=O) groups is 3. The van der Waals surface area contributed by atoms with Crippen LogP contribution in [0.25, 0.3) is 0 Å². The summed E-state index contributed by atoms with van der Waals surface area (Å²) in [5, 5.41) is 0. The number of esters is 2. The van der Waals surface area contributed by atoms with Gasteiger partial charge in [-0.3, -0.25) is 24.4 Å². The minimum Gasteiger partial charge on any atom is -0.493 e. The Kier molecular flexibility index (Phi) is 14.0. The van der Waals surface area contributed by atoms with E-state index in [2.05, 4.69) is 28.6 Å². The Morgan fingerprint density at radius 3 is 2.20 bits per heavy atom. The van der Waals surface area contributed by atoms with Crippen LogP contribution >= 0.6 is 0 Å². The van der Waals surface area contributed by atoms with Gasteiger partial charge >= 0.3 is 11.9 Å². The second-order valence-corrected chi connectivity index (χ2v) is 12.5. The Labute approximate surface area is 273 Å². The SMILES string of the molecule is COc1ccc(CN2CCN(C(C)(C)COC(C)(C)C(=O)CCC(=O)OCCCOC(=O)C3=CCCN=C3)CC2)c(OC)c1OC. The first-order chi connectivity index (χ1) is 21.9. The molecule has 0 saturated carbocycles. The first-order valence-corrected chi connectivity index (χ1v) is 15.9. The highest BCUT2D eigenvalue weighted by Crippen LogP contribution is 2.40. The number of hydrogen-bond donors (Lipinski definition) is 0. The number of aliphatic imine (C=N–C) groups is 1. The smallest absolute Gasteiger partial charge is 0.339 e. The van der Waals surface area contributed by atoms with Crippen molar-refractivity contribution in [3.05, 3.63) is 29.3 Å². The summed E-state index contributed by atoms with van der Waals surface area (Å²) in [6.07, 6.45) is 4.38. The van der Waals surface area contributed by atoms with Crippen LogP contribution in [0.3, 0.4) is 0 Å². The monoisotopic (exact) mass is 645 g/mol. The van der Waals surface area contributed by atoms with Crippen LogP contribution in [0.15, 0.2) is 28.8 Å². The van der Waals surface area contributed by atoms with Crippen molar-refractivity contribution >= 4 is 23.9 Å². The van der Waals surface area contributed by atoms with E-state index < -0.39 is 17.5 Å². The highest BCUT2D eigenvalue weighted by molar-refractivity contribution is 6.09. The van der Waals surface area contributed by atoms with Crippen LogP contribution in [0.1, 0.15) is 58.9 Å². The van der Waals surface area contributed by atoms with Gasteiger partial charge in [0.1, 0.15) is 5.60 Å². The topological polar surface area (TPSA) is 125 Å². The van der Waals surface area contributed by atoms with Gasteiger partial charge in [0, 0.05) is 69.4 Å². The maximum absolute atomic E-state index is 13.0. The van der Waals surface area contributed by atoms with Crippen molar-refractivity contribution < 1.29 is 42.8 Å². The van der Waals surface area contributed by atoms with Gasteiger partial charge in [0.25, 0.3) is 0 Å². The third-order valence-electron chi connectivity index (χ3n) is 8.30. The van der Waals surface area contributed by atoms with Crippen molar-refractivity contribution in [2.75, 3.05) is 73.9 Å². The third kappa shape index (κ3) is 10.5. The van der Waals surface area contributed by atoms with E-state index in [1.807, 2.05) is 12.1 Å². The molecule has 1 aromatic rings. The fraction of sp³-hybridized carbons (Fsp3) is 0.647. The van der Waals surface area contributed by atoms with Crippen LogP contribution in [0, 0.1) is 0 Å². The molecule has 0 amide bonds. The van der Waals surface area contributed by atoms with Gasteiger partial charge in [-0.25, -0.2) is 4.79 Å². The van der Waals surface area contributed by atoms with Gasteiger partial charge in [0.15, 0.2) is 17.3 Å². The summed E-state index contributed by atoms with van der Waals surface area (Å²) in [6, 6.07) is 3.91. The van der Waals surface area contributed by atoms with Gasteiger partial charge in [-0.1, -0.05) is 12.1 Å². The van der Waals surface area contributed by atoms with Gasteiger partial charge in [-0.05, 0) is 40.2 Å². The van der Waals surface area contributed by atoms with E-state index in [-0.39, 0.29) is 37.4 Å². The molecule has 256 valence electrons. The normalized spacial score (nSPS) is 16.0. The zero-order valence-corrected chi connectivity index (χ0v) is 28.5. The van der Waals surface area contributed by atoms with E-state index in [9.17, 15) is 14.4 Å². The molecule has 0 N–H and O–H groups in total. The molecule has 3 rings (SSSR count). The maximum Gasteiger partial charge on any atom is 0.339 e. The first-order valence-electron chi connectivity index (χ1n) is 15.9. The number of carbonyl (C=O) groups excluding carboxylic acids is 3. The molecule has 2 aliphatic rings. The minimum atomic E-state index is -1.05. The van der Waals surface area contributed by atoms with Crippen molar-refractivity contribution in [1.82, 2.24) is 9.80 Å². The second-order valence-electron chi connectivity index (χ2n) is 12.5. The molecule has 0 spiro atoms. The summed E-state index contributed by atoms with van der Waals surface area (Å²) in [7, 11) is 4.85. The Morgan fingerprint density at radius 2 is 1.57 bits per heavy atom. The van der Waals surface area contributed by atoms with Crippen molar-refractivity contribution in [1.29, 1.82) is 0 Å². The minimum absolute atomic E-state index is 0.0209.